The summed E-state index contributed by atoms with van der Waals surface area (Å²) >= 11 is 0. The maximum atomic E-state index is 11.2. The van der Waals surface area contributed by atoms with Gasteiger partial charge in [-0.2, -0.15) is 0 Å². The van der Waals surface area contributed by atoms with Gasteiger partial charge >= 0.3 is 0 Å². The SMILES string of the molecule is O=Cc1ccc2ccccc2c1OCCN1CCCC1. The number of benzene rings is 2. The summed E-state index contributed by atoms with van der Waals surface area (Å²) in [7, 11) is 0. The van der Waals surface area contributed by atoms with E-state index in [1.807, 2.05) is 36.4 Å². The van der Waals surface area contributed by atoms with Crippen molar-refractivity contribution < 1.29 is 9.53 Å². The second-order valence-corrected chi connectivity index (χ2v) is 5.22. The number of aldehydes is 1. The Kier molecular flexibility index (Phi) is 3.97. The summed E-state index contributed by atoms with van der Waals surface area (Å²) in [5, 5.41) is 2.12. The van der Waals surface area contributed by atoms with Crippen LogP contribution in [-0.4, -0.2) is 37.4 Å². The predicted octanol–water partition coefficient (Wildman–Crippen LogP) is 3.13. The molecule has 3 rings (SSSR count). The Bertz CT molecular complexity index is 603. The lowest BCUT2D eigenvalue weighted by atomic mass is 10.1. The van der Waals surface area contributed by atoms with Crippen LogP contribution in [0.3, 0.4) is 0 Å². The molecule has 20 heavy (non-hydrogen) atoms. The molecule has 0 amide bonds. The topological polar surface area (TPSA) is 29.5 Å². The van der Waals surface area contributed by atoms with Gasteiger partial charge in [0.1, 0.15) is 12.4 Å². The number of hydrogen-bond acceptors (Lipinski definition) is 3. The van der Waals surface area contributed by atoms with Gasteiger partial charge in [-0.1, -0.05) is 30.3 Å². The second kappa shape index (κ2) is 6.06. The van der Waals surface area contributed by atoms with Crippen LogP contribution >= 0.6 is 0 Å². The number of nitrogens with zero attached hydrogens (tertiary/aromatic N) is 1. The summed E-state index contributed by atoms with van der Waals surface area (Å²) in [5.41, 5.74) is 0.630. The molecular formula is C17H19NO2. The van der Waals surface area contributed by atoms with Crippen LogP contribution in [0.5, 0.6) is 5.75 Å². The Labute approximate surface area is 119 Å². The third-order valence-corrected chi connectivity index (χ3v) is 3.89. The van der Waals surface area contributed by atoms with Gasteiger partial charge in [0.25, 0.3) is 0 Å². The van der Waals surface area contributed by atoms with Gasteiger partial charge in [0.2, 0.25) is 0 Å². The first-order chi connectivity index (χ1) is 9.88. The Morgan fingerprint density at radius 1 is 1.10 bits per heavy atom. The minimum Gasteiger partial charge on any atom is -0.491 e. The Morgan fingerprint density at radius 3 is 2.70 bits per heavy atom. The number of hydrogen-bond donors (Lipinski definition) is 0. The van der Waals surface area contributed by atoms with E-state index in [9.17, 15) is 4.79 Å². The first-order valence-corrected chi connectivity index (χ1v) is 7.20. The summed E-state index contributed by atoms with van der Waals surface area (Å²) in [6, 6.07) is 11.8. The third kappa shape index (κ3) is 2.68. The predicted molar refractivity (Wildman–Crippen MR) is 80.5 cm³/mol. The van der Waals surface area contributed by atoms with Gasteiger partial charge in [-0.3, -0.25) is 9.69 Å². The number of rotatable bonds is 5. The standard InChI is InChI=1S/C17H19NO2/c19-13-15-8-7-14-5-1-2-6-16(14)17(15)20-12-11-18-9-3-4-10-18/h1-2,5-8,13H,3-4,9-12H2. The number of fused-ring (bicyclic) bond motifs is 1. The van der Waals surface area contributed by atoms with Crippen LogP contribution in [0.2, 0.25) is 0 Å². The minimum absolute atomic E-state index is 0.630. The van der Waals surface area contributed by atoms with Gasteiger partial charge in [-0.15, -0.1) is 0 Å². The van der Waals surface area contributed by atoms with Crippen molar-refractivity contribution in [2.45, 2.75) is 12.8 Å². The van der Waals surface area contributed by atoms with Crippen molar-refractivity contribution in [2.75, 3.05) is 26.2 Å². The zero-order chi connectivity index (χ0) is 13.8. The molecule has 0 atom stereocenters. The molecule has 1 saturated heterocycles. The largest absolute Gasteiger partial charge is 0.491 e. The molecule has 1 aliphatic rings. The molecule has 0 N–H and O–H groups in total. The Hall–Kier alpha value is -1.87. The van der Waals surface area contributed by atoms with E-state index in [0.717, 1.165) is 29.4 Å². The molecule has 3 heteroatoms. The Morgan fingerprint density at radius 2 is 1.90 bits per heavy atom. The van der Waals surface area contributed by atoms with Crippen LogP contribution in [-0.2, 0) is 0 Å². The molecule has 104 valence electrons. The lowest BCUT2D eigenvalue weighted by molar-refractivity contribution is 0.111. The van der Waals surface area contributed by atoms with E-state index < -0.39 is 0 Å². The summed E-state index contributed by atoms with van der Waals surface area (Å²) in [5.74, 6) is 0.720. The number of carbonyl (C=O) groups is 1. The number of ether oxygens (including phenoxy) is 1. The highest BCUT2D eigenvalue weighted by molar-refractivity contribution is 5.96. The molecule has 3 nitrogen and oxygen atoms in total. The van der Waals surface area contributed by atoms with Gasteiger partial charge in [0, 0.05) is 11.9 Å². The molecule has 1 fully saturated rings. The van der Waals surface area contributed by atoms with Crippen LogP contribution in [0.25, 0.3) is 10.8 Å². The monoisotopic (exact) mass is 269 g/mol. The highest BCUT2D eigenvalue weighted by Crippen LogP contribution is 2.29. The molecule has 1 aliphatic heterocycles. The fourth-order valence-corrected chi connectivity index (χ4v) is 2.80. The van der Waals surface area contributed by atoms with Crippen LogP contribution in [0.1, 0.15) is 23.2 Å². The van der Waals surface area contributed by atoms with Crippen LogP contribution in [0, 0.1) is 0 Å². The second-order valence-electron chi connectivity index (χ2n) is 5.22. The molecule has 0 saturated carbocycles. The van der Waals surface area contributed by atoms with Gasteiger partial charge in [0.15, 0.2) is 6.29 Å². The zero-order valence-electron chi connectivity index (χ0n) is 11.5. The molecule has 1 heterocycles. The van der Waals surface area contributed by atoms with E-state index in [-0.39, 0.29) is 0 Å². The van der Waals surface area contributed by atoms with Crippen molar-refractivity contribution in [2.24, 2.45) is 0 Å². The molecule has 0 bridgehead atoms. The average Bonchev–Trinajstić information content (AvgIpc) is 3.00. The zero-order valence-corrected chi connectivity index (χ0v) is 11.5. The average molecular weight is 269 g/mol. The molecule has 2 aromatic carbocycles. The molecule has 0 aliphatic carbocycles. The van der Waals surface area contributed by atoms with Crippen molar-refractivity contribution in [3.05, 3.63) is 42.0 Å². The number of likely N-dealkylation sites (tertiary alicyclic amines) is 1. The highest BCUT2D eigenvalue weighted by atomic mass is 16.5. The van der Waals surface area contributed by atoms with Crippen molar-refractivity contribution in [1.82, 2.24) is 4.90 Å². The highest BCUT2D eigenvalue weighted by Gasteiger charge is 2.12. The third-order valence-electron chi connectivity index (χ3n) is 3.89. The summed E-state index contributed by atoms with van der Waals surface area (Å²) in [6.07, 6.45) is 3.44. The van der Waals surface area contributed by atoms with Gasteiger partial charge < -0.3 is 4.74 Å². The van der Waals surface area contributed by atoms with Crippen molar-refractivity contribution in [3.8, 4) is 5.75 Å². The van der Waals surface area contributed by atoms with Crippen LogP contribution in [0.15, 0.2) is 36.4 Å². The fraction of sp³-hybridized carbons (Fsp3) is 0.353. The normalized spacial score (nSPS) is 15.6. The summed E-state index contributed by atoms with van der Waals surface area (Å²) < 4.78 is 5.93. The first-order valence-electron chi connectivity index (χ1n) is 7.20. The van der Waals surface area contributed by atoms with E-state index >= 15 is 0 Å². The quantitative estimate of drug-likeness (QED) is 0.781. The molecular weight excluding hydrogens is 250 g/mol. The van der Waals surface area contributed by atoms with Crippen molar-refractivity contribution in [3.63, 3.8) is 0 Å². The maximum Gasteiger partial charge on any atom is 0.153 e. The molecule has 0 aromatic heterocycles. The lowest BCUT2D eigenvalue weighted by Crippen LogP contribution is -2.25. The van der Waals surface area contributed by atoms with E-state index in [1.54, 1.807) is 0 Å². The molecule has 0 radical (unpaired) electrons. The van der Waals surface area contributed by atoms with E-state index in [1.165, 1.54) is 25.9 Å². The van der Waals surface area contributed by atoms with Crippen molar-refractivity contribution in [1.29, 1.82) is 0 Å². The molecule has 2 aromatic rings. The van der Waals surface area contributed by atoms with E-state index in [4.69, 9.17) is 4.74 Å². The lowest BCUT2D eigenvalue weighted by Gasteiger charge is -2.16. The van der Waals surface area contributed by atoms with Crippen LogP contribution < -0.4 is 4.74 Å². The van der Waals surface area contributed by atoms with Crippen LogP contribution in [0.4, 0.5) is 0 Å². The maximum absolute atomic E-state index is 11.2. The van der Waals surface area contributed by atoms with Gasteiger partial charge in [-0.25, -0.2) is 0 Å². The fourth-order valence-electron chi connectivity index (χ4n) is 2.80. The first kappa shape index (κ1) is 13.1. The Balaban J connectivity index is 1.79. The van der Waals surface area contributed by atoms with Gasteiger partial charge in [-0.05, 0) is 37.4 Å². The van der Waals surface area contributed by atoms with Gasteiger partial charge in [0.05, 0.1) is 5.56 Å². The van der Waals surface area contributed by atoms with E-state index in [0.29, 0.717) is 12.2 Å². The summed E-state index contributed by atoms with van der Waals surface area (Å²) in [4.78, 5) is 13.6. The summed E-state index contributed by atoms with van der Waals surface area (Å²) in [6.45, 7) is 3.90. The molecule has 0 unspecified atom stereocenters. The smallest absolute Gasteiger partial charge is 0.153 e. The van der Waals surface area contributed by atoms with E-state index in [2.05, 4.69) is 4.90 Å². The molecule has 0 spiro atoms. The van der Waals surface area contributed by atoms with Crippen molar-refractivity contribution >= 4 is 17.1 Å². The minimum atomic E-state index is 0.630. The number of carbonyl (C=O) groups excluding carboxylic acids is 1.